The topological polar surface area (TPSA) is 47.3 Å². The molecule has 0 saturated carbocycles. The molecule has 92 valence electrons. The highest BCUT2D eigenvalue weighted by atomic mass is 16.3. The van der Waals surface area contributed by atoms with Crippen LogP contribution in [0.3, 0.4) is 0 Å². The second-order valence-corrected chi connectivity index (χ2v) is 4.56. The van der Waals surface area contributed by atoms with Gasteiger partial charge in [-0.2, -0.15) is 5.26 Å². The van der Waals surface area contributed by atoms with Gasteiger partial charge in [0, 0.05) is 6.54 Å². The molecule has 0 aliphatic carbocycles. The van der Waals surface area contributed by atoms with Crippen molar-refractivity contribution < 1.29 is 5.11 Å². The van der Waals surface area contributed by atoms with Crippen LogP contribution in [0.25, 0.3) is 0 Å². The van der Waals surface area contributed by atoms with E-state index in [4.69, 9.17) is 5.11 Å². The van der Waals surface area contributed by atoms with Crippen LogP contribution < -0.4 is 0 Å². The number of benzene rings is 1. The van der Waals surface area contributed by atoms with Crippen molar-refractivity contribution in [1.29, 1.82) is 5.26 Å². The van der Waals surface area contributed by atoms with Gasteiger partial charge in [-0.15, -0.1) is 0 Å². The third kappa shape index (κ3) is 3.55. The number of hydrogen-bond acceptors (Lipinski definition) is 3. The Kier molecular flexibility index (Phi) is 5.14. The van der Waals surface area contributed by atoms with Gasteiger partial charge in [-0.1, -0.05) is 38.1 Å². The normalized spacial score (nSPS) is 12.8. The first-order valence-electron chi connectivity index (χ1n) is 5.90. The van der Waals surface area contributed by atoms with E-state index in [-0.39, 0.29) is 12.6 Å². The Hall–Kier alpha value is -1.37. The van der Waals surface area contributed by atoms with Gasteiger partial charge in [0.05, 0.1) is 12.7 Å². The maximum absolute atomic E-state index is 9.18. The van der Waals surface area contributed by atoms with Crippen molar-refractivity contribution >= 4 is 0 Å². The number of aliphatic hydroxyl groups excluding tert-OH is 1. The Bertz CT molecular complexity index is 378. The van der Waals surface area contributed by atoms with Gasteiger partial charge in [-0.25, -0.2) is 0 Å². The average Bonchev–Trinajstić information content (AvgIpc) is 2.31. The van der Waals surface area contributed by atoms with Crippen LogP contribution in [-0.2, 0) is 0 Å². The molecule has 0 bridgehead atoms. The van der Waals surface area contributed by atoms with E-state index in [1.54, 1.807) is 0 Å². The molecule has 0 radical (unpaired) electrons. The number of nitrogens with zero attached hydrogens (tertiary/aromatic N) is 2. The summed E-state index contributed by atoms with van der Waals surface area (Å²) in [7, 11) is 1.85. The van der Waals surface area contributed by atoms with E-state index in [1.165, 1.54) is 5.56 Å². The zero-order chi connectivity index (χ0) is 12.8. The van der Waals surface area contributed by atoms with Crippen LogP contribution in [0.2, 0.25) is 0 Å². The van der Waals surface area contributed by atoms with Crippen molar-refractivity contribution in [1.82, 2.24) is 4.90 Å². The largest absolute Gasteiger partial charge is 0.395 e. The Morgan fingerprint density at radius 1 is 1.24 bits per heavy atom. The molecule has 1 aromatic rings. The van der Waals surface area contributed by atoms with E-state index in [0.29, 0.717) is 12.5 Å². The van der Waals surface area contributed by atoms with Crippen LogP contribution in [0.1, 0.15) is 36.9 Å². The summed E-state index contributed by atoms with van der Waals surface area (Å²) in [5.41, 5.74) is 2.25. The summed E-state index contributed by atoms with van der Waals surface area (Å²) >= 11 is 0. The van der Waals surface area contributed by atoms with Crippen molar-refractivity contribution in [2.45, 2.75) is 25.8 Å². The first-order chi connectivity index (χ1) is 8.10. The fourth-order valence-electron chi connectivity index (χ4n) is 1.78. The monoisotopic (exact) mass is 232 g/mol. The van der Waals surface area contributed by atoms with E-state index >= 15 is 0 Å². The molecular formula is C14H20N2O. The molecule has 0 aliphatic heterocycles. The van der Waals surface area contributed by atoms with Crippen LogP contribution in [0.5, 0.6) is 0 Å². The highest BCUT2D eigenvalue weighted by Crippen LogP contribution is 2.21. The molecule has 3 nitrogen and oxygen atoms in total. The lowest BCUT2D eigenvalue weighted by Gasteiger charge is -2.22. The zero-order valence-electron chi connectivity index (χ0n) is 10.7. The molecule has 3 heteroatoms. The van der Waals surface area contributed by atoms with Crippen molar-refractivity contribution in [3.63, 3.8) is 0 Å². The van der Waals surface area contributed by atoms with Gasteiger partial charge in [0.1, 0.15) is 6.04 Å². The van der Waals surface area contributed by atoms with Gasteiger partial charge in [0.25, 0.3) is 0 Å². The number of hydrogen-bond donors (Lipinski definition) is 1. The molecule has 1 rings (SSSR count). The second-order valence-electron chi connectivity index (χ2n) is 4.56. The molecular weight excluding hydrogens is 212 g/mol. The van der Waals surface area contributed by atoms with Crippen molar-refractivity contribution in [3.05, 3.63) is 35.4 Å². The fourth-order valence-corrected chi connectivity index (χ4v) is 1.78. The fraction of sp³-hybridized carbons (Fsp3) is 0.500. The van der Waals surface area contributed by atoms with E-state index in [2.05, 4.69) is 32.0 Å². The maximum atomic E-state index is 9.18. The number of nitriles is 1. The van der Waals surface area contributed by atoms with Crippen molar-refractivity contribution in [3.8, 4) is 6.07 Å². The van der Waals surface area contributed by atoms with Gasteiger partial charge in [-0.05, 0) is 24.1 Å². The molecule has 1 atom stereocenters. The third-order valence-electron chi connectivity index (χ3n) is 2.93. The van der Waals surface area contributed by atoms with Crippen LogP contribution in [0.4, 0.5) is 0 Å². The summed E-state index contributed by atoms with van der Waals surface area (Å²) < 4.78 is 0. The molecule has 17 heavy (non-hydrogen) atoms. The van der Waals surface area contributed by atoms with Gasteiger partial charge in [0.15, 0.2) is 0 Å². The number of likely N-dealkylation sites (N-methyl/N-ethyl adjacent to an activating group) is 1. The van der Waals surface area contributed by atoms with Crippen LogP contribution >= 0.6 is 0 Å². The summed E-state index contributed by atoms with van der Waals surface area (Å²) in [5.74, 6) is 0.500. The minimum atomic E-state index is -0.289. The Morgan fingerprint density at radius 3 is 2.18 bits per heavy atom. The molecule has 0 fully saturated rings. The van der Waals surface area contributed by atoms with E-state index < -0.39 is 0 Å². The molecule has 0 aromatic heterocycles. The first-order valence-corrected chi connectivity index (χ1v) is 5.90. The molecule has 0 saturated heterocycles. The Balaban J connectivity index is 2.87. The molecule has 0 amide bonds. The lowest BCUT2D eigenvalue weighted by molar-refractivity contribution is 0.203. The number of rotatable bonds is 5. The summed E-state index contributed by atoms with van der Waals surface area (Å²) in [6.45, 7) is 4.87. The summed E-state index contributed by atoms with van der Waals surface area (Å²) in [6, 6.07) is 10.1. The highest BCUT2D eigenvalue weighted by molar-refractivity contribution is 5.29. The Labute approximate surface area is 103 Å². The minimum absolute atomic E-state index is 0.0682. The second kappa shape index (κ2) is 6.39. The summed E-state index contributed by atoms with van der Waals surface area (Å²) in [6.07, 6.45) is 0. The molecule has 1 unspecified atom stereocenters. The zero-order valence-corrected chi connectivity index (χ0v) is 10.7. The van der Waals surface area contributed by atoms with E-state index in [0.717, 1.165) is 5.56 Å². The molecule has 1 N–H and O–H groups in total. The predicted molar refractivity (Wildman–Crippen MR) is 68.6 cm³/mol. The molecule has 1 aromatic carbocycles. The lowest BCUT2D eigenvalue weighted by atomic mass is 9.99. The van der Waals surface area contributed by atoms with Gasteiger partial charge in [-0.3, -0.25) is 4.90 Å². The van der Waals surface area contributed by atoms with Gasteiger partial charge in [0.2, 0.25) is 0 Å². The first kappa shape index (κ1) is 13.7. The highest BCUT2D eigenvalue weighted by Gasteiger charge is 2.15. The van der Waals surface area contributed by atoms with Crippen molar-refractivity contribution in [2.24, 2.45) is 0 Å². The number of aliphatic hydroxyl groups is 1. The smallest absolute Gasteiger partial charge is 0.123 e. The standard InChI is InChI=1S/C14H20N2O/c1-11(2)12-4-6-13(7-5-12)14(10-15)16(3)8-9-17/h4-7,11,14,17H,8-9H2,1-3H3. The minimum Gasteiger partial charge on any atom is -0.395 e. The average molecular weight is 232 g/mol. The van der Waals surface area contributed by atoms with Gasteiger partial charge >= 0.3 is 0 Å². The maximum Gasteiger partial charge on any atom is 0.123 e. The summed E-state index contributed by atoms with van der Waals surface area (Å²) in [4.78, 5) is 1.85. The molecule has 0 aliphatic rings. The quantitative estimate of drug-likeness (QED) is 0.847. The van der Waals surface area contributed by atoms with Crippen LogP contribution in [-0.4, -0.2) is 30.2 Å². The SMILES string of the molecule is CC(C)c1ccc(C(C#N)N(C)CCO)cc1. The third-order valence-corrected chi connectivity index (χ3v) is 2.93. The Morgan fingerprint density at radius 2 is 1.76 bits per heavy atom. The van der Waals surface area contributed by atoms with E-state index in [1.807, 2.05) is 24.1 Å². The molecule has 0 heterocycles. The summed E-state index contributed by atoms with van der Waals surface area (Å²) in [5, 5.41) is 18.1. The van der Waals surface area contributed by atoms with Crippen LogP contribution in [0.15, 0.2) is 24.3 Å². The van der Waals surface area contributed by atoms with Crippen LogP contribution in [0, 0.1) is 11.3 Å². The van der Waals surface area contributed by atoms with Crippen molar-refractivity contribution in [2.75, 3.05) is 20.2 Å². The lowest BCUT2D eigenvalue weighted by Crippen LogP contribution is -2.26. The predicted octanol–water partition coefficient (Wildman–Crippen LogP) is 2.30. The van der Waals surface area contributed by atoms with Gasteiger partial charge < -0.3 is 5.11 Å². The molecule has 0 spiro atoms. The van der Waals surface area contributed by atoms with E-state index in [9.17, 15) is 5.26 Å².